The molecule has 2 aromatic heterocycles. The molecular formula is C19H18F3N3O2. The van der Waals surface area contributed by atoms with E-state index in [1.54, 1.807) is 6.20 Å². The van der Waals surface area contributed by atoms with Gasteiger partial charge in [-0.25, -0.2) is 4.98 Å². The monoisotopic (exact) mass is 377 g/mol. The molecule has 4 rings (SSSR count). The second kappa shape index (κ2) is 5.87. The Morgan fingerprint density at radius 3 is 2.52 bits per heavy atom. The molecule has 1 atom stereocenters. The van der Waals surface area contributed by atoms with Crippen LogP contribution in [0.5, 0.6) is 11.8 Å². The second-order valence-electron chi connectivity index (χ2n) is 7.12. The van der Waals surface area contributed by atoms with Crippen molar-refractivity contribution in [2.75, 3.05) is 0 Å². The number of nitrogens with zero attached hydrogens (tertiary/aromatic N) is 3. The van der Waals surface area contributed by atoms with Gasteiger partial charge in [0, 0.05) is 6.20 Å². The lowest BCUT2D eigenvalue weighted by Crippen LogP contribution is -2.36. The maximum absolute atomic E-state index is 13.2. The topological polar surface area (TPSA) is 49.2 Å². The Bertz CT molecular complexity index is 994. The van der Waals surface area contributed by atoms with Gasteiger partial charge in [0.2, 0.25) is 0 Å². The van der Waals surface area contributed by atoms with E-state index >= 15 is 0 Å². The minimum atomic E-state index is -4.33. The highest BCUT2D eigenvalue weighted by atomic mass is 19.4. The first-order valence-corrected chi connectivity index (χ1v) is 8.49. The van der Waals surface area contributed by atoms with E-state index in [2.05, 4.69) is 9.97 Å². The van der Waals surface area contributed by atoms with Gasteiger partial charge in [0.25, 0.3) is 6.29 Å². The molecule has 1 aromatic carbocycles. The number of alkyl halides is 3. The molecule has 8 heteroatoms. The summed E-state index contributed by atoms with van der Waals surface area (Å²) in [4.78, 5) is 8.57. The summed E-state index contributed by atoms with van der Waals surface area (Å²) >= 11 is 0. The number of hydrogen-bond acceptors (Lipinski definition) is 4. The Morgan fingerprint density at radius 2 is 1.85 bits per heavy atom. The predicted molar refractivity (Wildman–Crippen MR) is 92.8 cm³/mol. The van der Waals surface area contributed by atoms with E-state index in [-0.39, 0.29) is 5.56 Å². The molecule has 0 amide bonds. The zero-order valence-electron chi connectivity index (χ0n) is 15.0. The lowest BCUT2D eigenvalue weighted by molar-refractivity contribution is -0.180. The fraction of sp³-hybridized carbons (Fsp3) is 0.368. The summed E-state index contributed by atoms with van der Waals surface area (Å²) < 4.78 is 52.9. The normalized spacial score (nSPS) is 17.0. The molecule has 3 aromatic rings. The number of halogens is 3. The minimum Gasteiger partial charge on any atom is -0.453 e. The number of fused-ring (bicyclic) bond motifs is 3. The molecule has 0 saturated carbocycles. The standard InChI is InChI=1S/C19H18F3N3O2/c1-11-8-9-23-16-15(11)25-10-14(27-17(25)24-16)26-13-6-4-12(5-7-13)18(2,3)19(20,21)22/h4-9,14H,10H2,1-3H3/t14-/m0/s1. The molecule has 27 heavy (non-hydrogen) atoms. The van der Waals surface area contributed by atoms with E-state index in [9.17, 15) is 13.2 Å². The van der Waals surface area contributed by atoms with E-state index in [1.165, 1.54) is 24.3 Å². The molecule has 0 bridgehead atoms. The molecule has 0 spiro atoms. The molecule has 0 unspecified atom stereocenters. The molecule has 142 valence electrons. The minimum absolute atomic E-state index is 0.176. The molecule has 0 N–H and O–H groups in total. The van der Waals surface area contributed by atoms with E-state index in [0.29, 0.717) is 24.0 Å². The predicted octanol–water partition coefficient (Wildman–Crippen LogP) is 4.38. The quantitative estimate of drug-likeness (QED) is 0.680. The van der Waals surface area contributed by atoms with Crippen LogP contribution in [0.15, 0.2) is 36.5 Å². The molecule has 1 aliphatic heterocycles. The Hall–Kier alpha value is -2.77. The van der Waals surface area contributed by atoms with Crippen molar-refractivity contribution in [3.63, 3.8) is 0 Å². The summed E-state index contributed by atoms with van der Waals surface area (Å²) in [5.41, 5.74) is 0.779. The molecule has 0 radical (unpaired) electrons. The van der Waals surface area contributed by atoms with Gasteiger partial charge < -0.3 is 9.47 Å². The van der Waals surface area contributed by atoms with Crippen molar-refractivity contribution in [3.05, 3.63) is 47.7 Å². The fourth-order valence-electron chi connectivity index (χ4n) is 3.09. The van der Waals surface area contributed by atoms with Crippen molar-refractivity contribution in [2.24, 2.45) is 0 Å². The SMILES string of the molecule is Cc1ccnc2nc3n(c12)C[C@@H](Oc1ccc(C(C)(C)C(F)(F)F)cc1)O3. The number of aromatic nitrogens is 3. The van der Waals surface area contributed by atoms with Crippen molar-refractivity contribution in [1.82, 2.24) is 14.5 Å². The molecular weight excluding hydrogens is 359 g/mol. The second-order valence-corrected chi connectivity index (χ2v) is 7.12. The molecule has 0 aliphatic carbocycles. The zero-order valence-corrected chi connectivity index (χ0v) is 15.0. The third kappa shape index (κ3) is 2.89. The van der Waals surface area contributed by atoms with E-state index in [1.807, 2.05) is 17.6 Å². The maximum atomic E-state index is 13.2. The Kier molecular flexibility index (Phi) is 3.83. The summed E-state index contributed by atoms with van der Waals surface area (Å²) in [6.45, 7) is 4.70. The third-order valence-corrected chi connectivity index (χ3v) is 4.93. The van der Waals surface area contributed by atoms with Gasteiger partial charge in [-0.1, -0.05) is 12.1 Å². The fourth-order valence-corrected chi connectivity index (χ4v) is 3.09. The number of rotatable bonds is 3. The van der Waals surface area contributed by atoms with E-state index < -0.39 is 17.9 Å². The number of hydrogen-bond donors (Lipinski definition) is 0. The third-order valence-electron chi connectivity index (χ3n) is 4.93. The van der Waals surface area contributed by atoms with Crippen LogP contribution in [0.4, 0.5) is 13.2 Å². The van der Waals surface area contributed by atoms with Crippen LogP contribution in [-0.4, -0.2) is 27.0 Å². The van der Waals surface area contributed by atoms with Crippen molar-refractivity contribution in [1.29, 1.82) is 0 Å². The maximum Gasteiger partial charge on any atom is 0.397 e. The number of ether oxygens (including phenoxy) is 2. The van der Waals surface area contributed by atoms with Gasteiger partial charge in [0.1, 0.15) is 12.3 Å². The smallest absolute Gasteiger partial charge is 0.397 e. The summed E-state index contributed by atoms with van der Waals surface area (Å²) in [6.07, 6.45) is -3.23. The van der Waals surface area contributed by atoms with Crippen LogP contribution in [-0.2, 0) is 12.0 Å². The van der Waals surface area contributed by atoms with E-state index in [4.69, 9.17) is 9.47 Å². The van der Waals surface area contributed by atoms with Gasteiger partial charge in [-0.2, -0.15) is 18.2 Å². The first-order chi connectivity index (χ1) is 12.7. The van der Waals surface area contributed by atoms with Gasteiger partial charge in [-0.05, 0) is 50.1 Å². The molecule has 0 fully saturated rings. The van der Waals surface area contributed by atoms with Crippen molar-refractivity contribution in [3.8, 4) is 11.8 Å². The van der Waals surface area contributed by atoms with Crippen LogP contribution in [0.1, 0.15) is 25.0 Å². The van der Waals surface area contributed by atoms with Crippen LogP contribution in [0.2, 0.25) is 0 Å². The highest BCUT2D eigenvalue weighted by molar-refractivity contribution is 5.76. The average molecular weight is 377 g/mol. The largest absolute Gasteiger partial charge is 0.453 e. The Morgan fingerprint density at radius 1 is 1.15 bits per heavy atom. The number of pyridine rings is 1. The Balaban J connectivity index is 1.51. The highest BCUT2D eigenvalue weighted by Crippen LogP contribution is 2.40. The van der Waals surface area contributed by atoms with Crippen molar-refractivity contribution < 1.29 is 22.6 Å². The highest BCUT2D eigenvalue weighted by Gasteiger charge is 2.48. The molecule has 5 nitrogen and oxygen atoms in total. The number of benzene rings is 1. The van der Waals surface area contributed by atoms with Gasteiger partial charge in [0.05, 0.1) is 10.9 Å². The van der Waals surface area contributed by atoms with Gasteiger partial charge in [0.15, 0.2) is 5.65 Å². The van der Waals surface area contributed by atoms with E-state index in [0.717, 1.165) is 24.9 Å². The first kappa shape index (κ1) is 17.6. The summed E-state index contributed by atoms with van der Waals surface area (Å²) in [6, 6.07) is 8.23. The summed E-state index contributed by atoms with van der Waals surface area (Å²) in [5, 5.41) is 0. The van der Waals surface area contributed by atoms with Crippen molar-refractivity contribution in [2.45, 2.75) is 45.2 Å². The molecule has 3 heterocycles. The lowest BCUT2D eigenvalue weighted by Gasteiger charge is -2.28. The van der Waals surface area contributed by atoms with Crippen LogP contribution in [0.25, 0.3) is 11.2 Å². The van der Waals surface area contributed by atoms with Gasteiger partial charge in [-0.3, -0.25) is 4.57 Å². The van der Waals surface area contributed by atoms with Crippen LogP contribution in [0.3, 0.4) is 0 Å². The lowest BCUT2D eigenvalue weighted by atomic mass is 9.84. The van der Waals surface area contributed by atoms with Gasteiger partial charge >= 0.3 is 12.2 Å². The average Bonchev–Trinajstić information content (AvgIpc) is 3.11. The van der Waals surface area contributed by atoms with Crippen LogP contribution in [0, 0.1) is 6.92 Å². The number of imidazole rings is 1. The van der Waals surface area contributed by atoms with Gasteiger partial charge in [-0.15, -0.1) is 0 Å². The van der Waals surface area contributed by atoms with Crippen LogP contribution >= 0.6 is 0 Å². The van der Waals surface area contributed by atoms with Crippen LogP contribution < -0.4 is 9.47 Å². The number of aryl methyl sites for hydroxylation is 1. The molecule has 1 aliphatic rings. The first-order valence-electron chi connectivity index (χ1n) is 8.49. The van der Waals surface area contributed by atoms with Crippen molar-refractivity contribution >= 4 is 11.2 Å². The summed E-state index contributed by atoms with van der Waals surface area (Å²) in [7, 11) is 0. The summed E-state index contributed by atoms with van der Waals surface area (Å²) in [5.74, 6) is 0.437. The molecule has 0 saturated heterocycles. The zero-order chi connectivity index (χ0) is 19.4. The Labute approximate surface area is 153 Å².